The zero-order chi connectivity index (χ0) is 30.6. The molecule has 1 aromatic rings. The third kappa shape index (κ3) is 5.78. The van der Waals surface area contributed by atoms with Gasteiger partial charge in [-0.05, 0) is 57.4 Å². The van der Waals surface area contributed by atoms with Crippen LogP contribution in [0, 0.1) is 11.8 Å². The number of alkyl halides is 1. The van der Waals surface area contributed by atoms with Crippen LogP contribution in [0.2, 0.25) is 0 Å². The largest absolute Gasteiger partial charge is 0.494 e. The Balaban J connectivity index is 1.75. The fraction of sp³-hybridized carbons (Fsp3) is 0.594. The number of ether oxygens (including phenoxy) is 1. The molecule has 4 unspecified atom stereocenters. The van der Waals surface area contributed by atoms with Crippen LogP contribution in [-0.2, 0) is 14.4 Å². The monoisotopic (exact) mass is 661 g/mol. The Hall–Kier alpha value is -2.30. The van der Waals surface area contributed by atoms with E-state index >= 15 is 0 Å². The molecule has 3 heterocycles. The Morgan fingerprint density at radius 3 is 2.50 bits per heavy atom. The van der Waals surface area contributed by atoms with Gasteiger partial charge in [0.25, 0.3) is 0 Å². The van der Waals surface area contributed by atoms with Crippen molar-refractivity contribution < 1.29 is 24.2 Å². The van der Waals surface area contributed by atoms with Gasteiger partial charge in [0, 0.05) is 48.0 Å². The van der Waals surface area contributed by atoms with Crippen molar-refractivity contribution in [2.45, 2.75) is 73.4 Å². The van der Waals surface area contributed by atoms with Gasteiger partial charge in [-0.2, -0.15) is 0 Å². The highest BCUT2D eigenvalue weighted by molar-refractivity contribution is 9.09. The summed E-state index contributed by atoms with van der Waals surface area (Å²) in [6, 6.07) is 6.65. The molecule has 2 bridgehead atoms. The summed E-state index contributed by atoms with van der Waals surface area (Å²) in [6.45, 7) is 15.2. The number of fused-ring (bicyclic) bond motifs is 1. The minimum absolute atomic E-state index is 0.0192. The lowest BCUT2D eigenvalue weighted by Crippen LogP contribution is -2.57. The Morgan fingerprint density at radius 2 is 1.90 bits per heavy atom. The number of nitrogens with zero attached hydrogens (tertiary/aromatic N) is 3. The SMILES string of the molecule is C=CCN(C(=O)[C@H]1[C@H]2C(=O)N(CCCO)C(C(=O)N(CC=C)C(C)CCC)C23CC(Br)[C@@H]1S3)c1ccc(OCC)cc1. The first kappa shape index (κ1) is 32.6. The molecule has 0 aromatic heterocycles. The van der Waals surface area contributed by atoms with Crippen molar-refractivity contribution in [3.8, 4) is 5.75 Å². The van der Waals surface area contributed by atoms with Crippen molar-refractivity contribution in [2.75, 3.05) is 37.7 Å². The van der Waals surface area contributed by atoms with E-state index < -0.39 is 22.6 Å². The molecule has 3 saturated heterocycles. The molecule has 4 rings (SSSR count). The molecule has 1 spiro atoms. The number of carbonyl (C=O) groups excluding carboxylic acids is 3. The maximum absolute atomic E-state index is 14.5. The summed E-state index contributed by atoms with van der Waals surface area (Å²) >= 11 is 5.49. The van der Waals surface area contributed by atoms with Crippen LogP contribution in [0.25, 0.3) is 0 Å². The van der Waals surface area contributed by atoms with E-state index in [2.05, 4.69) is 36.0 Å². The summed E-state index contributed by atoms with van der Waals surface area (Å²) in [7, 11) is 0. The van der Waals surface area contributed by atoms with Gasteiger partial charge in [-0.25, -0.2) is 0 Å². The van der Waals surface area contributed by atoms with Crippen molar-refractivity contribution >= 4 is 51.1 Å². The normalized spacial score (nSPS) is 28.4. The molecular weight excluding hydrogens is 618 g/mol. The summed E-state index contributed by atoms with van der Waals surface area (Å²) in [5, 5.41) is 9.52. The first-order valence-electron chi connectivity index (χ1n) is 15.0. The lowest BCUT2D eigenvalue weighted by Gasteiger charge is -2.40. The first-order valence-corrected chi connectivity index (χ1v) is 16.8. The molecule has 1 N–H and O–H groups in total. The number of carbonyl (C=O) groups is 3. The molecule has 230 valence electrons. The third-order valence-corrected chi connectivity index (χ3v) is 12.0. The van der Waals surface area contributed by atoms with Gasteiger partial charge in [-0.1, -0.05) is 41.4 Å². The van der Waals surface area contributed by atoms with Gasteiger partial charge < -0.3 is 24.5 Å². The van der Waals surface area contributed by atoms with Crippen LogP contribution in [-0.4, -0.2) is 92.4 Å². The van der Waals surface area contributed by atoms with Crippen LogP contribution in [0.4, 0.5) is 5.69 Å². The fourth-order valence-corrected chi connectivity index (χ4v) is 10.7. The number of benzene rings is 1. The summed E-state index contributed by atoms with van der Waals surface area (Å²) < 4.78 is 4.85. The molecule has 3 aliphatic rings. The number of amides is 3. The molecule has 42 heavy (non-hydrogen) atoms. The van der Waals surface area contributed by atoms with Crippen LogP contribution in [0.3, 0.4) is 0 Å². The van der Waals surface area contributed by atoms with Crippen molar-refractivity contribution in [1.82, 2.24) is 9.80 Å². The smallest absolute Gasteiger partial charge is 0.247 e. The molecule has 3 aliphatic heterocycles. The van der Waals surface area contributed by atoms with Gasteiger partial charge in [-0.15, -0.1) is 24.9 Å². The van der Waals surface area contributed by atoms with Crippen molar-refractivity contribution in [3.05, 3.63) is 49.6 Å². The Labute approximate surface area is 262 Å². The molecule has 0 radical (unpaired) electrons. The summed E-state index contributed by atoms with van der Waals surface area (Å²) in [4.78, 5) is 48.5. The molecule has 0 aliphatic carbocycles. The van der Waals surface area contributed by atoms with Crippen molar-refractivity contribution in [1.29, 1.82) is 0 Å². The summed E-state index contributed by atoms with van der Waals surface area (Å²) in [5.41, 5.74) is 0.706. The predicted molar refractivity (Wildman–Crippen MR) is 172 cm³/mol. The van der Waals surface area contributed by atoms with E-state index in [0.717, 1.165) is 18.6 Å². The van der Waals surface area contributed by atoms with Gasteiger partial charge in [0.1, 0.15) is 11.8 Å². The van der Waals surface area contributed by atoms with E-state index in [1.54, 1.807) is 33.7 Å². The zero-order valence-electron chi connectivity index (χ0n) is 24.9. The molecule has 8 nitrogen and oxygen atoms in total. The summed E-state index contributed by atoms with van der Waals surface area (Å²) in [6.07, 6.45) is 6.16. The standard InChI is InChI=1S/C32H44BrN3O5S/c1-6-11-21(5)34(16-7-2)31(40)28-32-20-24(33)27(42-32)25(26(32)30(39)36(28)18-10-19-37)29(38)35(17-8-3)22-12-14-23(15-13-22)41-9-4/h7-8,12-15,21,24-28,37H,2-3,6,9-11,16-20H2,1,4-5H3/t21?,24?,25-,26-,27-,28?,32?/m0/s1. The lowest BCUT2D eigenvalue weighted by molar-refractivity contribution is -0.144. The molecule has 0 saturated carbocycles. The van der Waals surface area contributed by atoms with Gasteiger partial charge in [0.05, 0.1) is 23.2 Å². The molecule has 10 heteroatoms. The summed E-state index contributed by atoms with van der Waals surface area (Å²) in [5.74, 6) is -0.929. The lowest BCUT2D eigenvalue weighted by atomic mass is 9.70. The average Bonchev–Trinajstić information content (AvgIpc) is 3.56. The number of rotatable bonds is 15. The van der Waals surface area contributed by atoms with Gasteiger partial charge in [0.15, 0.2) is 0 Å². The van der Waals surface area contributed by atoms with E-state index in [1.807, 2.05) is 43.0 Å². The highest BCUT2D eigenvalue weighted by Crippen LogP contribution is 2.68. The van der Waals surface area contributed by atoms with Crippen LogP contribution in [0.1, 0.15) is 46.5 Å². The number of thioether (sulfide) groups is 1. The van der Waals surface area contributed by atoms with Gasteiger partial charge >= 0.3 is 0 Å². The van der Waals surface area contributed by atoms with E-state index in [1.165, 1.54) is 0 Å². The second kappa shape index (κ2) is 14.0. The van der Waals surface area contributed by atoms with Crippen LogP contribution < -0.4 is 9.64 Å². The minimum Gasteiger partial charge on any atom is -0.494 e. The van der Waals surface area contributed by atoms with Crippen molar-refractivity contribution in [2.24, 2.45) is 11.8 Å². The number of hydrogen-bond acceptors (Lipinski definition) is 6. The number of aliphatic hydroxyl groups excluding tert-OH is 1. The first-order chi connectivity index (χ1) is 20.2. The van der Waals surface area contributed by atoms with E-state index in [4.69, 9.17) is 4.74 Å². The number of aliphatic hydroxyl groups is 1. The maximum atomic E-state index is 14.5. The minimum atomic E-state index is -0.743. The quantitative estimate of drug-likeness (QED) is 0.217. The molecule has 3 fully saturated rings. The topological polar surface area (TPSA) is 90.4 Å². The number of likely N-dealkylation sites (tertiary alicyclic amines) is 1. The van der Waals surface area contributed by atoms with Gasteiger partial charge in [-0.3, -0.25) is 14.4 Å². The predicted octanol–water partition coefficient (Wildman–Crippen LogP) is 4.65. The maximum Gasteiger partial charge on any atom is 0.247 e. The Morgan fingerprint density at radius 1 is 1.21 bits per heavy atom. The highest BCUT2D eigenvalue weighted by Gasteiger charge is 2.76. The Kier molecular flexibility index (Phi) is 10.9. The number of hydrogen-bond donors (Lipinski definition) is 1. The van der Waals surface area contributed by atoms with Crippen LogP contribution in [0.15, 0.2) is 49.6 Å². The Bertz CT molecular complexity index is 1170. The third-order valence-electron chi connectivity index (χ3n) is 8.75. The number of halogens is 1. The van der Waals surface area contributed by atoms with Crippen LogP contribution in [0.5, 0.6) is 5.75 Å². The van der Waals surface area contributed by atoms with Gasteiger partial charge in [0.2, 0.25) is 17.7 Å². The second-order valence-electron chi connectivity index (χ2n) is 11.4. The average molecular weight is 663 g/mol. The molecular formula is C32H44BrN3O5S. The van der Waals surface area contributed by atoms with Crippen LogP contribution >= 0.6 is 27.7 Å². The van der Waals surface area contributed by atoms with E-state index in [0.29, 0.717) is 38.2 Å². The van der Waals surface area contributed by atoms with E-state index in [-0.39, 0.29) is 47.0 Å². The number of anilines is 1. The fourth-order valence-electron chi connectivity index (χ4n) is 7.05. The molecule has 1 aromatic carbocycles. The van der Waals surface area contributed by atoms with E-state index in [9.17, 15) is 19.5 Å². The van der Waals surface area contributed by atoms with Crippen molar-refractivity contribution in [3.63, 3.8) is 0 Å². The molecule has 3 amide bonds. The molecule has 7 atom stereocenters. The zero-order valence-corrected chi connectivity index (χ0v) is 27.3. The second-order valence-corrected chi connectivity index (χ2v) is 14.1. The highest BCUT2D eigenvalue weighted by atomic mass is 79.9.